The van der Waals surface area contributed by atoms with Crippen LogP contribution in [0, 0.1) is 0 Å². The third-order valence-electron chi connectivity index (χ3n) is 3.04. The van der Waals surface area contributed by atoms with Crippen LogP contribution in [0.4, 0.5) is 13.2 Å². The van der Waals surface area contributed by atoms with Gasteiger partial charge in [-0.05, 0) is 35.9 Å². The highest BCUT2D eigenvalue weighted by Gasteiger charge is 2.31. The molecular formula is C15H9ClF3NO. The van der Waals surface area contributed by atoms with Crippen molar-refractivity contribution in [3.05, 3.63) is 53.6 Å². The van der Waals surface area contributed by atoms with E-state index in [9.17, 15) is 13.2 Å². The van der Waals surface area contributed by atoms with Crippen LogP contribution in [-0.4, -0.2) is 4.98 Å². The fourth-order valence-corrected chi connectivity index (χ4v) is 2.18. The lowest BCUT2D eigenvalue weighted by Gasteiger charge is -2.04. The van der Waals surface area contributed by atoms with E-state index < -0.39 is 11.7 Å². The zero-order valence-corrected chi connectivity index (χ0v) is 11.4. The van der Waals surface area contributed by atoms with Crippen molar-refractivity contribution in [2.45, 2.75) is 12.1 Å². The van der Waals surface area contributed by atoms with E-state index in [2.05, 4.69) is 4.98 Å². The number of alkyl halides is 4. The number of hydrogen-bond donors (Lipinski definition) is 0. The van der Waals surface area contributed by atoms with Crippen molar-refractivity contribution in [3.8, 4) is 11.5 Å². The second-order valence-electron chi connectivity index (χ2n) is 4.53. The average Bonchev–Trinajstić information content (AvgIpc) is 2.89. The summed E-state index contributed by atoms with van der Waals surface area (Å²) in [5.74, 6) is 0.614. The highest BCUT2D eigenvalue weighted by Crippen LogP contribution is 2.32. The van der Waals surface area contributed by atoms with Gasteiger partial charge in [-0.1, -0.05) is 12.1 Å². The molecule has 0 fully saturated rings. The van der Waals surface area contributed by atoms with Gasteiger partial charge in [0.15, 0.2) is 5.58 Å². The molecule has 0 unspecified atom stereocenters. The molecule has 3 rings (SSSR count). The van der Waals surface area contributed by atoms with E-state index in [1.54, 1.807) is 18.2 Å². The van der Waals surface area contributed by atoms with Gasteiger partial charge in [-0.25, -0.2) is 4.98 Å². The number of aromatic nitrogens is 1. The van der Waals surface area contributed by atoms with E-state index in [0.717, 1.165) is 17.7 Å². The normalized spacial score (nSPS) is 12.0. The predicted octanol–water partition coefficient (Wildman–Crippen LogP) is 5.25. The quantitative estimate of drug-likeness (QED) is 0.604. The number of benzene rings is 2. The zero-order valence-electron chi connectivity index (χ0n) is 10.6. The average molecular weight is 312 g/mol. The fraction of sp³-hybridized carbons (Fsp3) is 0.133. The Bertz CT molecular complexity index is 795. The standard InChI is InChI=1S/C15H9ClF3NO/c16-8-9-2-1-3-10(6-9)14-20-12-7-11(15(17,18)19)4-5-13(12)21-14/h1-7H,8H2. The minimum atomic E-state index is -4.40. The number of oxazole rings is 1. The predicted molar refractivity (Wildman–Crippen MR) is 74.0 cm³/mol. The van der Waals surface area contributed by atoms with Gasteiger partial charge in [-0.2, -0.15) is 13.2 Å². The molecule has 0 bridgehead atoms. The maximum Gasteiger partial charge on any atom is 0.416 e. The van der Waals surface area contributed by atoms with Crippen molar-refractivity contribution in [2.24, 2.45) is 0 Å². The van der Waals surface area contributed by atoms with Crippen LogP contribution < -0.4 is 0 Å². The Kier molecular flexibility index (Phi) is 3.37. The summed E-state index contributed by atoms with van der Waals surface area (Å²) < 4.78 is 43.5. The molecule has 3 aromatic rings. The maximum atomic E-state index is 12.7. The molecule has 0 aliphatic heterocycles. The Hall–Kier alpha value is -2.01. The van der Waals surface area contributed by atoms with Gasteiger partial charge in [0.05, 0.1) is 5.56 Å². The summed E-state index contributed by atoms with van der Waals surface area (Å²) in [4.78, 5) is 4.12. The Morgan fingerprint density at radius 1 is 1.10 bits per heavy atom. The summed E-state index contributed by atoms with van der Waals surface area (Å²) in [6.45, 7) is 0. The van der Waals surface area contributed by atoms with Crippen LogP contribution in [0.25, 0.3) is 22.6 Å². The van der Waals surface area contributed by atoms with E-state index in [4.69, 9.17) is 16.0 Å². The minimum Gasteiger partial charge on any atom is -0.436 e. The van der Waals surface area contributed by atoms with Gasteiger partial charge < -0.3 is 4.42 Å². The summed E-state index contributed by atoms with van der Waals surface area (Å²) >= 11 is 5.76. The van der Waals surface area contributed by atoms with Crippen LogP contribution in [0.15, 0.2) is 46.9 Å². The molecular weight excluding hydrogens is 303 g/mol. The smallest absolute Gasteiger partial charge is 0.416 e. The van der Waals surface area contributed by atoms with Gasteiger partial charge in [-0.15, -0.1) is 11.6 Å². The van der Waals surface area contributed by atoms with Crippen LogP contribution in [0.3, 0.4) is 0 Å². The van der Waals surface area contributed by atoms with Crippen molar-refractivity contribution >= 4 is 22.7 Å². The summed E-state index contributed by atoms with van der Waals surface area (Å²) in [5.41, 5.74) is 1.31. The molecule has 0 aliphatic carbocycles. The van der Waals surface area contributed by atoms with Gasteiger partial charge in [0, 0.05) is 11.4 Å². The van der Waals surface area contributed by atoms with Crippen LogP contribution in [0.5, 0.6) is 0 Å². The topological polar surface area (TPSA) is 26.0 Å². The van der Waals surface area contributed by atoms with Crippen molar-refractivity contribution < 1.29 is 17.6 Å². The molecule has 0 atom stereocenters. The molecule has 0 N–H and O–H groups in total. The molecule has 0 saturated heterocycles. The molecule has 0 saturated carbocycles. The number of hydrogen-bond acceptors (Lipinski definition) is 2. The van der Waals surface area contributed by atoms with Gasteiger partial charge in [0.2, 0.25) is 5.89 Å². The first-order valence-corrected chi connectivity index (χ1v) is 6.64. The lowest BCUT2D eigenvalue weighted by atomic mass is 10.1. The molecule has 0 aliphatic rings. The van der Waals surface area contributed by atoms with Crippen molar-refractivity contribution in [1.82, 2.24) is 4.98 Å². The van der Waals surface area contributed by atoms with Crippen LogP contribution in [0.2, 0.25) is 0 Å². The number of nitrogens with zero attached hydrogens (tertiary/aromatic N) is 1. The molecule has 0 spiro atoms. The van der Waals surface area contributed by atoms with E-state index in [0.29, 0.717) is 17.0 Å². The molecule has 2 aromatic carbocycles. The van der Waals surface area contributed by atoms with Gasteiger partial charge in [0.25, 0.3) is 0 Å². The summed E-state index contributed by atoms with van der Waals surface area (Å²) in [5, 5.41) is 0. The Morgan fingerprint density at radius 3 is 2.62 bits per heavy atom. The van der Waals surface area contributed by atoms with Crippen LogP contribution in [-0.2, 0) is 12.1 Å². The molecule has 0 amide bonds. The van der Waals surface area contributed by atoms with Crippen LogP contribution >= 0.6 is 11.6 Å². The molecule has 108 valence electrons. The summed E-state index contributed by atoms with van der Waals surface area (Å²) in [7, 11) is 0. The molecule has 1 heterocycles. The number of halogens is 4. The van der Waals surface area contributed by atoms with Gasteiger partial charge in [0.1, 0.15) is 5.52 Å². The second kappa shape index (κ2) is 5.07. The maximum absolute atomic E-state index is 12.7. The van der Waals surface area contributed by atoms with E-state index in [1.165, 1.54) is 6.07 Å². The Morgan fingerprint density at radius 2 is 1.90 bits per heavy atom. The minimum absolute atomic E-state index is 0.177. The summed E-state index contributed by atoms with van der Waals surface area (Å²) in [6, 6.07) is 10.4. The third kappa shape index (κ3) is 2.74. The molecule has 2 nitrogen and oxygen atoms in total. The van der Waals surface area contributed by atoms with Crippen molar-refractivity contribution in [1.29, 1.82) is 0 Å². The van der Waals surface area contributed by atoms with Crippen molar-refractivity contribution in [2.75, 3.05) is 0 Å². The van der Waals surface area contributed by atoms with E-state index >= 15 is 0 Å². The van der Waals surface area contributed by atoms with Gasteiger partial charge in [-0.3, -0.25) is 0 Å². The largest absolute Gasteiger partial charge is 0.436 e. The van der Waals surface area contributed by atoms with E-state index in [1.807, 2.05) is 6.07 Å². The van der Waals surface area contributed by atoms with E-state index in [-0.39, 0.29) is 11.4 Å². The molecule has 1 aromatic heterocycles. The SMILES string of the molecule is FC(F)(F)c1ccc2oc(-c3cccc(CCl)c3)nc2c1. The van der Waals surface area contributed by atoms with Gasteiger partial charge >= 0.3 is 6.18 Å². The first-order valence-electron chi connectivity index (χ1n) is 6.10. The third-order valence-corrected chi connectivity index (χ3v) is 3.35. The Labute approximate surface area is 123 Å². The second-order valence-corrected chi connectivity index (χ2v) is 4.80. The summed E-state index contributed by atoms with van der Waals surface area (Å²) in [6.07, 6.45) is -4.40. The van der Waals surface area contributed by atoms with Crippen LogP contribution in [0.1, 0.15) is 11.1 Å². The Balaban J connectivity index is 2.08. The molecule has 0 radical (unpaired) electrons. The lowest BCUT2D eigenvalue weighted by molar-refractivity contribution is -0.137. The van der Waals surface area contributed by atoms with Crippen molar-refractivity contribution in [3.63, 3.8) is 0 Å². The first kappa shape index (κ1) is 13.9. The number of fused-ring (bicyclic) bond motifs is 1. The zero-order chi connectivity index (χ0) is 15.0. The monoisotopic (exact) mass is 311 g/mol. The fourth-order valence-electron chi connectivity index (χ4n) is 2.01. The first-order chi connectivity index (χ1) is 9.97. The molecule has 6 heteroatoms. The number of rotatable bonds is 2. The lowest BCUT2D eigenvalue weighted by Crippen LogP contribution is -2.03. The highest BCUT2D eigenvalue weighted by atomic mass is 35.5. The molecule has 21 heavy (non-hydrogen) atoms. The highest BCUT2D eigenvalue weighted by molar-refractivity contribution is 6.17.